The van der Waals surface area contributed by atoms with Crippen molar-refractivity contribution in [3.05, 3.63) is 0 Å². The zero-order chi connectivity index (χ0) is 13.0. The van der Waals surface area contributed by atoms with Crippen LogP contribution in [0.1, 0.15) is 44.9 Å². The zero-order valence-corrected chi connectivity index (χ0v) is 10.6. The first-order valence-electron chi connectivity index (χ1n) is 6.78. The molecule has 0 aromatic heterocycles. The predicted molar refractivity (Wildman–Crippen MR) is 65.1 cm³/mol. The number of hydrogen-bond donors (Lipinski definition) is 2. The Kier molecular flexibility index (Phi) is 4.22. The lowest BCUT2D eigenvalue weighted by Gasteiger charge is -2.22. The van der Waals surface area contributed by atoms with Crippen LogP contribution >= 0.6 is 0 Å². The fraction of sp³-hybridized carbons (Fsp3) is 0.846. The molecule has 0 unspecified atom stereocenters. The molecule has 5 heteroatoms. The molecule has 2 saturated carbocycles. The number of carbonyl (C=O) groups is 2. The molecular weight excluding hydrogens is 234 g/mol. The monoisotopic (exact) mass is 255 g/mol. The van der Waals surface area contributed by atoms with Crippen molar-refractivity contribution in [2.45, 2.75) is 51.0 Å². The second kappa shape index (κ2) is 5.69. The Balaban J connectivity index is 1.60. The van der Waals surface area contributed by atoms with Gasteiger partial charge in [-0.1, -0.05) is 19.3 Å². The van der Waals surface area contributed by atoms with E-state index in [4.69, 9.17) is 9.84 Å². The fourth-order valence-corrected chi connectivity index (χ4v) is 2.45. The summed E-state index contributed by atoms with van der Waals surface area (Å²) in [7, 11) is 0. The molecule has 0 radical (unpaired) electrons. The number of nitrogens with one attached hydrogen (secondary N) is 1. The summed E-state index contributed by atoms with van der Waals surface area (Å²) in [5.41, 5.74) is -1.13. The summed E-state index contributed by atoms with van der Waals surface area (Å²) < 4.78 is 5.66. The predicted octanol–water partition coefficient (Wildman–Crippen LogP) is 1.32. The van der Waals surface area contributed by atoms with Crippen LogP contribution in [0, 0.1) is 5.41 Å². The molecule has 0 aliphatic heterocycles. The van der Waals surface area contributed by atoms with Gasteiger partial charge in [0.1, 0.15) is 5.41 Å². The maximum absolute atomic E-state index is 11.7. The number of hydrogen-bond acceptors (Lipinski definition) is 3. The van der Waals surface area contributed by atoms with Crippen molar-refractivity contribution in [1.82, 2.24) is 5.32 Å². The van der Waals surface area contributed by atoms with E-state index in [1.54, 1.807) is 0 Å². The van der Waals surface area contributed by atoms with Gasteiger partial charge in [0.2, 0.25) is 5.91 Å². The van der Waals surface area contributed by atoms with E-state index in [1.807, 2.05) is 0 Å². The molecule has 2 fully saturated rings. The Hall–Kier alpha value is -1.10. The van der Waals surface area contributed by atoms with Crippen LogP contribution in [0.25, 0.3) is 0 Å². The van der Waals surface area contributed by atoms with Crippen molar-refractivity contribution in [2.24, 2.45) is 5.41 Å². The lowest BCUT2D eigenvalue weighted by Crippen LogP contribution is -2.39. The van der Waals surface area contributed by atoms with E-state index < -0.39 is 11.4 Å². The molecule has 18 heavy (non-hydrogen) atoms. The standard InChI is InChI=1S/C13H21NO4/c15-11(13(6-7-13)12(16)17)14-8-9-18-10-4-2-1-3-5-10/h10H,1-9H2,(H,14,15)(H,16,17). The molecule has 2 aliphatic rings. The number of carbonyl (C=O) groups excluding carboxylic acids is 1. The van der Waals surface area contributed by atoms with Crippen molar-refractivity contribution >= 4 is 11.9 Å². The van der Waals surface area contributed by atoms with Crippen molar-refractivity contribution < 1.29 is 19.4 Å². The Morgan fingerprint density at radius 3 is 2.44 bits per heavy atom. The van der Waals surface area contributed by atoms with Crippen LogP contribution in [0.15, 0.2) is 0 Å². The molecule has 0 spiro atoms. The van der Waals surface area contributed by atoms with Crippen LogP contribution in [0.3, 0.4) is 0 Å². The molecule has 2 aliphatic carbocycles. The number of carboxylic acid groups (broad SMARTS) is 1. The van der Waals surface area contributed by atoms with Crippen molar-refractivity contribution in [3.8, 4) is 0 Å². The summed E-state index contributed by atoms with van der Waals surface area (Å²) in [6.45, 7) is 0.885. The number of amides is 1. The summed E-state index contributed by atoms with van der Waals surface area (Å²) in [5.74, 6) is -1.37. The molecule has 0 saturated heterocycles. The average Bonchev–Trinajstić information content (AvgIpc) is 3.17. The number of ether oxygens (including phenoxy) is 1. The van der Waals surface area contributed by atoms with Crippen LogP contribution in [0.5, 0.6) is 0 Å². The molecule has 0 atom stereocenters. The van der Waals surface area contributed by atoms with Gasteiger partial charge in [-0.15, -0.1) is 0 Å². The highest BCUT2D eigenvalue weighted by molar-refractivity contribution is 6.04. The Labute approximate surface area is 107 Å². The lowest BCUT2D eigenvalue weighted by atomic mass is 9.98. The van der Waals surface area contributed by atoms with Crippen LogP contribution in [-0.2, 0) is 14.3 Å². The normalized spacial score (nSPS) is 22.4. The van der Waals surface area contributed by atoms with Crippen molar-refractivity contribution in [3.63, 3.8) is 0 Å². The molecule has 5 nitrogen and oxygen atoms in total. The molecule has 1 amide bonds. The van der Waals surface area contributed by atoms with E-state index in [0.717, 1.165) is 12.8 Å². The van der Waals surface area contributed by atoms with Gasteiger partial charge in [-0.2, -0.15) is 0 Å². The first-order valence-corrected chi connectivity index (χ1v) is 6.78. The second-order valence-corrected chi connectivity index (χ2v) is 5.27. The van der Waals surface area contributed by atoms with Gasteiger partial charge in [-0.3, -0.25) is 9.59 Å². The quantitative estimate of drug-likeness (QED) is 0.554. The summed E-state index contributed by atoms with van der Waals surface area (Å²) in [4.78, 5) is 22.6. The van der Waals surface area contributed by atoms with E-state index in [1.165, 1.54) is 19.3 Å². The van der Waals surface area contributed by atoms with E-state index in [0.29, 0.717) is 32.1 Å². The lowest BCUT2D eigenvalue weighted by molar-refractivity contribution is -0.149. The molecule has 0 aromatic rings. The number of rotatable bonds is 6. The molecular formula is C13H21NO4. The number of carboxylic acids is 1. The van der Waals surface area contributed by atoms with Crippen molar-refractivity contribution in [1.29, 1.82) is 0 Å². The largest absolute Gasteiger partial charge is 0.480 e. The molecule has 0 heterocycles. The summed E-state index contributed by atoms with van der Waals surface area (Å²) >= 11 is 0. The van der Waals surface area contributed by atoms with Gasteiger partial charge in [0.15, 0.2) is 0 Å². The Bertz CT molecular complexity index is 319. The highest BCUT2D eigenvalue weighted by Crippen LogP contribution is 2.45. The zero-order valence-electron chi connectivity index (χ0n) is 10.6. The molecule has 102 valence electrons. The van der Waals surface area contributed by atoms with Gasteiger partial charge in [0.25, 0.3) is 0 Å². The van der Waals surface area contributed by atoms with Crippen LogP contribution < -0.4 is 5.32 Å². The van der Waals surface area contributed by atoms with Crippen molar-refractivity contribution in [2.75, 3.05) is 13.2 Å². The Morgan fingerprint density at radius 1 is 1.22 bits per heavy atom. The molecule has 0 bridgehead atoms. The van der Waals surface area contributed by atoms with Gasteiger partial charge in [-0.05, 0) is 25.7 Å². The summed E-state index contributed by atoms with van der Waals surface area (Å²) in [6.07, 6.45) is 7.18. The van der Waals surface area contributed by atoms with E-state index >= 15 is 0 Å². The van der Waals surface area contributed by atoms with Crippen LogP contribution in [0.4, 0.5) is 0 Å². The smallest absolute Gasteiger partial charge is 0.319 e. The third-order valence-electron chi connectivity index (χ3n) is 3.89. The highest BCUT2D eigenvalue weighted by Gasteiger charge is 2.56. The van der Waals surface area contributed by atoms with Gasteiger partial charge in [0, 0.05) is 6.54 Å². The minimum absolute atomic E-state index is 0.324. The molecule has 0 aromatic carbocycles. The summed E-state index contributed by atoms with van der Waals surface area (Å²) in [6, 6.07) is 0. The molecule has 2 rings (SSSR count). The molecule has 2 N–H and O–H groups in total. The van der Waals surface area contributed by atoms with Gasteiger partial charge >= 0.3 is 5.97 Å². The third-order valence-corrected chi connectivity index (χ3v) is 3.89. The maximum atomic E-state index is 11.7. The fourth-order valence-electron chi connectivity index (χ4n) is 2.45. The highest BCUT2D eigenvalue weighted by atomic mass is 16.5. The topological polar surface area (TPSA) is 75.6 Å². The summed E-state index contributed by atoms with van der Waals surface area (Å²) in [5, 5.41) is 11.6. The van der Waals surface area contributed by atoms with E-state index in [-0.39, 0.29) is 5.91 Å². The third kappa shape index (κ3) is 3.02. The SMILES string of the molecule is O=C(O)C1(C(=O)NCCOC2CCCCC2)CC1. The first-order chi connectivity index (χ1) is 8.65. The van der Waals surface area contributed by atoms with E-state index in [2.05, 4.69) is 5.32 Å². The van der Waals surface area contributed by atoms with Crippen LogP contribution in [0.2, 0.25) is 0 Å². The average molecular weight is 255 g/mol. The van der Waals surface area contributed by atoms with Gasteiger partial charge < -0.3 is 15.2 Å². The second-order valence-electron chi connectivity index (χ2n) is 5.27. The minimum Gasteiger partial charge on any atom is -0.480 e. The Morgan fingerprint density at radius 2 is 1.89 bits per heavy atom. The number of aliphatic carboxylic acids is 1. The van der Waals surface area contributed by atoms with Crippen LogP contribution in [-0.4, -0.2) is 36.2 Å². The first kappa shape index (κ1) is 13.3. The van der Waals surface area contributed by atoms with Gasteiger partial charge in [0.05, 0.1) is 12.7 Å². The van der Waals surface area contributed by atoms with E-state index in [9.17, 15) is 9.59 Å². The maximum Gasteiger partial charge on any atom is 0.319 e. The van der Waals surface area contributed by atoms with Gasteiger partial charge in [-0.25, -0.2) is 0 Å². The minimum atomic E-state index is -1.13.